The normalized spacial score (nSPS) is 10.1. The van der Waals surface area contributed by atoms with Crippen molar-refractivity contribution in [2.45, 2.75) is 0 Å². The van der Waals surface area contributed by atoms with Crippen molar-refractivity contribution in [2.75, 3.05) is 24.4 Å². The van der Waals surface area contributed by atoms with Gasteiger partial charge in [0.2, 0.25) is 0 Å². The summed E-state index contributed by atoms with van der Waals surface area (Å²) in [6.45, 7) is 0. The predicted molar refractivity (Wildman–Crippen MR) is 102 cm³/mol. The molecule has 0 atom stereocenters. The highest BCUT2D eigenvalue weighted by Crippen LogP contribution is 2.18. The van der Waals surface area contributed by atoms with E-state index in [2.05, 4.69) is 15.3 Å². The Bertz CT molecular complexity index is 960. The van der Waals surface area contributed by atoms with Crippen molar-refractivity contribution in [3.63, 3.8) is 0 Å². The standard InChI is InChI=1S/C20H18N4O3/c1-24(16-9-4-3-5-10-16)19(25)17-12-18(22-13-21-17)23-15-8-6-7-14(11-15)20(26)27-2/h3-13H,1-2H3,(H,21,22,23). The van der Waals surface area contributed by atoms with E-state index in [4.69, 9.17) is 4.74 Å². The van der Waals surface area contributed by atoms with Crippen LogP contribution in [0.15, 0.2) is 67.0 Å². The van der Waals surface area contributed by atoms with E-state index in [1.807, 2.05) is 30.3 Å². The van der Waals surface area contributed by atoms with Gasteiger partial charge in [0, 0.05) is 24.5 Å². The molecule has 0 unspecified atom stereocenters. The Morgan fingerprint density at radius 1 is 1.00 bits per heavy atom. The van der Waals surface area contributed by atoms with Crippen LogP contribution in [0, 0.1) is 0 Å². The number of anilines is 3. The van der Waals surface area contributed by atoms with E-state index >= 15 is 0 Å². The average Bonchev–Trinajstić information content (AvgIpc) is 2.73. The molecule has 7 heteroatoms. The topological polar surface area (TPSA) is 84.4 Å². The Balaban J connectivity index is 1.80. The number of rotatable bonds is 5. The summed E-state index contributed by atoms with van der Waals surface area (Å²) < 4.78 is 4.72. The van der Waals surface area contributed by atoms with Crippen LogP contribution in [0.3, 0.4) is 0 Å². The second kappa shape index (κ2) is 8.09. The second-order valence-electron chi connectivity index (χ2n) is 5.69. The number of carbonyl (C=O) groups excluding carboxylic acids is 2. The summed E-state index contributed by atoms with van der Waals surface area (Å²) in [5.74, 6) is -0.242. The van der Waals surface area contributed by atoms with Crippen molar-refractivity contribution in [1.29, 1.82) is 0 Å². The van der Waals surface area contributed by atoms with Gasteiger partial charge in [-0.15, -0.1) is 0 Å². The molecule has 0 saturated heterocycles. The van der Waals surface area contributed by atoms with Gasteiger partial charge in [0.1, 0.15) is 17.8 Å². The maximum atomic E-state index is 12.7. The lowest BCUT2D eigenvalue weighted by Gasteiger charge is -2.17. The van der Waals surface area contributed by atoms with Crippen LogP contribution in [0.1, 0.15) is 20.8 Å². The van der Waals surface area contributed by atoms with Crippen molar-refractivity contribution in [2.24, 2.45) is 0 Å². The summed E-state index contributed by atoms with van der Waals surface area (Å²) in [6, 6.07) is 17.7. The van der Waals surface area contributed by atoms with Crippen LogP contribution in [0.4, 0.5) is 17.2 Å². The van der Waals surface area contributed by atoms with Gasteiger partial charge >= 0.3 is 5.97 Å². The van der Waals surface area contributed by atoms with Crippen LogP contribution >= 0.6 is 0 Å². The van der Waals surface area contributed by atoms with Gasteiger partial charge in [0.15, 0.2) is 0 Å². The molecule has 2 aromatic carbocycles. The molecule has 136 valence electrons. The highest BCUT2D eigenvalue weighted by atomic mass is 16.5. The average molecular weight is 362 g/mol. The molecule has 0 spiro atoms. The molecule has 3 aromatic rings. The predicted octanol–water partition coefficient (Wildman–Crippen LogP) is 3.28. The van der Waals surface area contributed by atoms with E-state index in [0.717, 1.165) is 5.69 Å². The van der Waals surface area contributed by atoms with Gasteiger partial charge in [-0.2, -0.15) is 0 Å². The molecule has 27 heavy (non-hydrogen) atoms. The zero-order valence-electron chi connectivity index (χ0n) is 14.9. The maximum absolute atomic E-state index is 12.7. The number of amides is 1. The van der Waals surface area contributed by atoms with Gasteiger partial charge in [-0.05, 0) is 30.3 Å². The second-order valence-corrected chi connectivity index (χ2v) is 5.69. The van der Waals surface area contributed by atoms with Crippen LogP contribution < -0.4 is 10.2 Å². The summed E-state index contributed by atoms with van der Waals surface area (Å²) in [4.78, 5) is 34.0. The van der Waals surface area contributed by atoms with E-state index in [1.165, 1.54) is 18.3 Å². The van der Waals surface area contributed by atoms with Gasteiger partial charge in [0.05, 0.1) is 12.7 Å². The van der Waals surface area contributed by atoms with Crippen molar-refractivity contribution in [3.8, 4) is 0 Å². The highest BCUT2D eigenvalue weighted by Gasteiger charge is 2.15. The lowest BCUT2D eigenvalue weighted by Crippen LogP contribution is -2.27. The Kier molecular flexibility index (Phi) is 5.41. The molecule has 1 N–H and O–H groups in total. The first-order valence-electron chi connectivity index (χ1n) is 8.19. The summed E-state index contributed by atoms with van der Waals surface area (Å²) in [5.41, 5.74) is 2.08. The number of para-hydroxylation sites is 1. The number of carbonyl (C=O) groups is 2. The number of methoxy groups -OCH3 is 1. The fourth-order valence-corrected chi connectivity index (χ4v) is 2.47. The number of benzene rings is 2. The molecule has 1 amide bonds. The van der Waals surface area contributed by atoms with Crippen molar-refractivity contribution >= 4 is 29.1 Å². The zero-order chi connectivity index (χ0) is 19.2. The first-order chi connectivity index (χ1) is 13.1. The molecule has 0 aliphatic carbocycles. The Morgan fingerprint density at radius 3 is 2.52 bits per heavy atom. The van der Waals surface area contributed by atoms with E-state index in [9.17, 15) is 9.59 Å². The smallest absolute Gasteiger partial charge is 0.337 e. The van der Waals surface area contributed by atoms with Gasteiger partial charge in [-0.25, -0.2) is 14.8 Å². The minimum atomic E-state index is -0.429. The lowest BCUT2D eigenvalue weighted by molar-refractivity contribution is 0.0600. The molecule has 7 nitrogen and oxygen atoms in total. The number of nitrogens with one attached hydrogen (secondary N) is 1. The van der Waals surface area contributed by atoms with Crippen molar-refractivity contribution < 1.29 is 14.3 Å². The summed E-state index contributed by atoms with van der Waals surface area (Å²) >= 11 is 0. The molecule has 1 aromatic heterocycles. The van der Waals surface area contributed by atoms with Gasteiger partial charge < -0.3 is 15.0 Å². The number of hydrogen-bond donors (Lipinski definition) is 1. The highest BCUT2D eigenvalue weighted by molar-refractivity contribution is 6.04. The first-order valence-corrected chi connectivity index (χ1v) is 8.19. The minimum Gasteiger partial charge on any atom is -0.465 e. The Hall–Kier alpha value is -3.74. The molecule has 0 fully saturated rings. The molecule has 0 saturated carbocycles. The van der Waals surface area contributed by atoms with Crippen LogP contribution in [-0.2, 0) is 4.74 Å². The number of esters is 1. The number of nitrogens with zero attached hydrogens (tertiary/aromatic N) is 3. The molecule has 0 aliphatic heterocycles. The van der Waals surface area contributed by atoms with Crippen LogP contribution in [0.2, 0.25) is 0 Å². The number of aromatic nitrogens is 2. The molecule has 3 rings (SSSR count). The summed E-state index contributed by atoms with van der Waals surface area (Å²) in [6.07, 6.45) is 1.32. The van der Waals surface area contributed by atoms with Crippen LogP contribution in [-0.4, -0.2) is 36.0 Å². The third kappa shape index (κ3) is 4.27. The maximum Gasteiger partial charge on any atom is 0.337 e. The Labute approximate surface area is 156 Å². The van der Waals surface area contributed by atoms with Crippen molar-refractivity contribution in [1.82, 2.24) is 9.97 Å². The third-order valence-corrected chi connectivity index (χ3v) is 3.89. The Morgan fingerprint density at radius 2 is 1.78 bits per heavy atom. The van der Waals surface area contributed by atoms with Crippen LogP contribution in [0.5, 0.6) is 0 Å². The zero-order valence-corrected chi connectivity index (χ0v) is 14.9. The van der Waals surface area contributed by atoms with Gasteiger partial charge in [0.25, 0.3) is 5.91 Å². The largest absolute Gasteiger partial charge is 0.465 e. The summed E-state index contributed by atoms with van der Waals surface area (Å²) in [5, 5.41) is 3.07. The number of hydrogen-bond acceptors (Lipinski definition) is 6. The number of ether oxygens (including phenoxy) is 1. The quantitative estimate of drug-likeness (QED) is 0.701. The minimum absolute atomic E-state index is 0.253. The van der Waals surface area contributed by atoms with Gasteiger partial charge in [-0.3, -0.25) is 4.79 Å². The van der Waals surface area contributed by atoms with E-state index in [-0.39, 0.29) is 11.6 Å². The van der Waals surface area contributed by atoms with E-state index < -0.39 is 5.97 Å². The van der Waals surface area contributed by atoms with Crippen LogP contribution in [0.25, 0.3) is 0 Å². The SMILES string of the molecule is COC(=O)c1cccc(Nc2cc(C(=O)N(C)c3ccccc3)ncn2)c1. The van der Waals surface area contributed by atoms with E-state index in [0.29, 0.717) is 17.1 Å². The van der Waals surface area contributed by atoms with Gasteiger partial charge in [-0.1, -0.05) is 24.3 Å². The lowest BCUT2D eigenvalue weighted by atomic mass is 10.2. The summed E-state index contributed by atoms with van der Waals surface area (Å²) in [7, 11) is 3.01. The molecular formula is C20H18N4O3. The molecule has 0 bridgehead atoms. The molecule has 0 aliphatic rings. The van der Waals surface area contributed by atoms with E-state index in [1.54, 1.807) is 37.4 Å². The van der Waals surface area contributed by atoms with Crippen molar-refractivity contribution in [3.05, 3.63) is 78.2 Å². The molecule has 1 heterocycles. The third-order valence-electron chi connectivity index (χ3n) is 3.89. The first kappa shape index (κ1) is 18.1. The molecular weight excluding hydrogens is 344 g/mol. The molecule has 0 radical (unpaired) electrons. The monoisotopic (exact) mass is 362 g/mol. The fraction of sp³-hybridized carbons (Fsp3) is 0.100. The fourth-order valence-electron chi connectivity index (χ4n) is 2.47.